The highest BCUT2D eigenvalue weighted by molar-refractivity contribution is 5.66. The van der Waals surface area contributed by atoms with Crippen LogP contribution in [0, 0.1) is 0 Å². The first kappa shape index (κ1) is 11.7. The van der Waals surface area contributed by atoms with E-state index >= 15 is 0 Å². The van der Waals surface area contributed by atoms with E-state index in [4.69, 9.17) is 14.3 Å². The molecule has 0 radical (unpaired) electrons. The van der Waals surface area contributed by atoms with Gasteiger partial charge in [0, 0.05) is 12.0 Å². The van der Waals surface area contributed by atoms with E-state index in [2.05, 4.69) is 10.2 Å². The second kappa shape index (κ2) is 4.72. The molecule has 0 bridgehead atoms. The maximum Gasteiger partial charge on any atom is 0.303 e. The van der Waals surface area contributed by atoms with Gasteiger partial charge >= 0.3 is 5.97 Å². The largest absolute Gasteiger partial charge is 0.492 e. The Bertz CT molecular complexity index is 608. The molecule has 19 heavy (non-hydrogen) atoms. The summed E-state index contributed by atoms with van der Waals surface area (Å²) in [6.45, 7) is 0.472. The van der Waals surface area contributed by atoms with Crippen LogP contribution in [0.1, 0.15) is 29.7 Å². The molecule has 1 atom stereocenters. The number of ether oxygens (including phenoxy) is 1. The SMILES string of the molecule is O=C(O)CCc1nnc(C2COc3ccccc32)o1. The third-order valence-electron chi connectivity index (χ3n) is 3.03. The van der Waals surface area contributed by atoms with Gasteiger partial charge < -0.3 is 14.3 Å². The molecule has 98 valence electrons. The molecule has 0 aliphatic carbocycles. The fourth-order valence-electron chi connectivity index (χ4n) is 2.09. The topological polar surface area (TPSA) is 85.5 Å². The third kappa shape index (κ3) is 2.29. The van der Waals surface area contributed by atoms with Crippen molar-refractivity contribution in [2.24, 2.45) is 0 Å². The molecule has 1 N–H and O–H groups in total. The van der Waals surface area contributed by atoms with Gasteiger partial charge in [-0.1, -0.05) is 18.2 Å². The fraction of sp³-hybridized carbons (Fsp3) is 0.308. The number of nitrogens with zero attached hydrogens (tertiary/aromatic N) is 2. The normalized spacial score (nSPS) is 16.9. The Balaban J connectivity index is 1.79. The summed E-state index contributed by atoms with van der Waals surface area (Å²) in [4.78, 5) is 10.5. The number of hydrogen-bond donors (Lipinski definition) is 1. The first-order chi connectivity index (χ1) is 9.24. The highest BCUT2D eigenvalue weighted by Gasteiger charge is 2.29. The zero-order valence-electron chi connectivity index (χ0n) is 10.1. The zero-order valence-corrected chi connectivity index (χ0v) is 10.1. The molecule has 0 spiro atoms. The number of aryl methyl sites for hydroxylation is 1. The summed E-state index contributed by atoms with van der Waals surface area (Å²) in [7, 11) is 0. The Morgan fingerprint density at radius 3 is 3.05 bits per heavy atom. The number of aromatic nitrogens is 2. The minimum absolute atomic E-state index is 0.0145. The highest BCUT2D eigenvalue weighted by atomic mass is 16.5. The van der Waals surface area contributed by atoms with E-state index in [1.807, 2.05) is 24.3 Å². The van der Waals surface area contributed by atoms with Crippen molar-refractivity contribution >= 4 is 5.97 Å². The summed E-state index contributed by atoms with van der Waals surface area (Å²) < 4.78 is 11.1. The van der Waals surface area contributed by atoms with Crippen molar-refractivity contribution in [3.8, 4) is 5.75 Å². The summed E-state index contributed by atoms with van der Waals surface area (Å²) in [6, 6.07) is 7.71. The summed E-state index contributed by atoms with van der Waals surface area (Å²) in [5, 5.41) is 16.5. The molecule has 1 aliphatic heterocycles. The first-order valence-electron chi connectivity index (χ1n) is 6.00. The van der Waals surface area contributed by atoms with Gasteiger partial charge in [-0.25, -0.2) is 0 Å². The summed E-state index contributed by atoms with van der Waals surface area (Å²) >= 11 is 0. The monoisotopic (exact) mass is 260 g/mol. The summed E-state index contributed by atoms with van der Waals surface area (Å²) in [5.41, 5.74) is 1.02. The Kier molecular flexibility index (Phi) is 2.91. The Hall–Kier alpha value is -2.37. The van der Waals surface area contributed by atoms with Crippen LogP contribution >= 0.6 is 0 Å². The lowest BCUT2D eigenvalue weighted by Crippen LogP contribution is -2.02. The van der Waals surface area contributed by atoms with Gasteiger partial charge in [0.2, 0.25) is 11.8 Å². The van der Waals surface area contributed by atoms with Crippen molar-refractivity contribution in [3.05, 3.63) is 41.6 Å². The third-order valence-corrected chi connectivity index (χ3v) is 3.03. The smallest absolute Gasteiger partial charge is 0.303 e. The van der Waals surface area contributed by atoms with E-state index in [1.165, 1.54) is 0 Å². The number of rotatable bonds is 4. The van der Waals surface area contributed by atoms with E-state index in [-0.39, 0.29) is 18.8 Å². The molecule has 0 saturated carbocycles. The summed E-state index contributed by atoms with van der Waals surface area (Å²) in [5.74, 6) is 0.710. The first-order valence-corrected chi connectivity index (χ1v) is 6.00. The van der Waals surface area contributed by atoms with Crippen LogP contribution < -0.4 is 4.74 Å². The van der Waals surface area contributed by atoms with Crippen LogP contribution in [0.25, 0.3) is 0 Å². The van der Waals surface area contributed by atoms with Crippen molar-refractivity contribution in [1.82, 2.24) is 10.2 Å². The molecule has 1 aromatic heterocycles. The molecule has 1 aliphatic rings. The number of para-hydroxylation sites is 1. The van der Waals surface area contributed by atoms with Crippen LogP contribution in [-0.2, 0) is 11.2 Å². The number of carboxylic acids is 1. The minimum Gasteiger partial charge on any atom is -0.492 e. The van der Waals surface area contributed by atoms with E-state index < -0.39 is 5.97 Å². The lowest BCUT2D eigenvalue weighted by Gasteiger charge is -2.01. The van der Waals surface area contributed by atoms with Gasteiger partial charge in [0.25, 0.3) is 0 Å². The Labute approximate surface area is 109 Å². The van der Waals surface area contributed by atoms with Crippen molar-refractivity contribution in [2.45, 2.75) is 18.8 Å². The predicted octanol–water partition coefficient (Wildman–Crippen LogP) is 1.61. The lowest BCUT2D eigenvalue weighted by atomic mass is 10.0. The van der Waals surface area contributed by atoms with Gasteiger partial charge in [0.1, 0.15) is 12.4 Å². The Morgan fingerprint density at radius 1 is 1.37 bits per heavy atom. The summed E-state index contributed by atoms with van der Waals surface area (Å²) in [6.07, 6.45) is 0.233. The lowest BCUT2D eigenvalue weighted by molar-refractivity contribution is -0.137. The van der Waals surface area contributed by atoms with Crippen molar-refractivity contribution in [1.29, 1.82) is 0 Å². The molecule has 2 heterocycles. The van der Waals surface area contributed by atoms with Crippen molar-refractivity contribution in [2.75, 3.05) is 6.61 Å². The van der Waals surface area contributed by atoms with Gasteiger partial charge in [-0.2, -0.15) is 0 Å². The molecule has 2 aromatic rings. The minimum atomic E-state index is -0.880. The molecule has 0 fully saturated rings. The molecule has 0 saturated heterocycles. The number of hydrogen-bond acceptors (Lipinski definition) is 5. The van der Waals surface area contributed by atoms with E-state index in [0.29, 0.717) is 18.4 Å². The zero-order chi connectivity index (χ0) is 13.2. The Morgan fingerprint density at radius 2 is 2.21 bits per heavy atom. The average Bonchev–Trinajstić information content (AvgIpc) is 3.02. The molecule has 0 amide bonds. The van der Waals surface area contributed by atoms with Gasteiger partial charge in [0.05, 0.1) is 12.3 Å². The molecule has 6 heteroatoms. The van der Waals surface area contributed by atoms with Gasteiger partial charge in [-0.15, -0.1) is 10.2 Å². The molecule has 1 aromatic carbocycles. The average molecular weight is 260 g/mol. The van der Waals surface area contributed by atoms with Crippen LogP contribution in [0.4, 0.5) is 0 Å². The van der Waals surface area contributed by atoms with Crippen molar-refractivity contribution in [3.63, 3.8) is 0 Å². The number of fused-ring (bicyclic) bond motifs is 1. The maximum absolute atomic E-state index is 10.5. The standard InChI is InChI=1S/C13H12N2O4/c16-12(17)6-5-11-14-15-13(19-11)9-7-18-10-4-2-1-3-8(9)10/h1-4,9H,5-7H2,(H,16,17). The van der Waals surface area contributed by atoms with Crippen LogP contribution in [0.5, 0.6) is 5.75 Å². The number of carboxylic acid groups (broad SMARTS) is 1. The van der Waals surface area contributed by atoms with Crippen molar-refractivity contribution < 1.29 is 19.1 Å². The fourth-order valence-corrected chi connectivity index (χ4v) is 2.09. The van der Waals surface area contributed by atoms with E-state index in [9.17, 15) is 4.79 Å². The maximum atomic E-state index is 10.5. The predicted molar refractivity (Wildman–Crippen MR) is 64.0 cm³/mol. The van der Waals surface area contributed by atoms with Crippen LogP contribution in [0.2, 0.25) is 0 Å². The molecule has 1 unspecified atom stereocenters. The molecular formula is C13H12N2O4. The second-order valence-corrected chi connectivity index (χ2v) is 4.33. The quantitative estimate of drug-likeness (QED) is 0.898. The van der Waals surface area contributed by atoms with Crippen LogP contribution in [0.15, 0.2) is 28.7 Å². The highest BCUT2D eigenvalue weighted by Crippen LogP contribution is 2.37. The van der Waals surface area contributed by atoms with Gasteiger partial charge in [-0.05, 0) is 6.07 Å². The van der Waals surface area contributed by atoms with Crippen LogP contribution in [0.3, 0.4) is 0 Å². The molecule has 6 nitrogen and oxygen atoms in total. The van der Waals surface area contributed by atoms with E-state index in [1.54, 1.807) is 0 Å². The second-order valence-electron chi connectivity index (χ2n) is 4.33. The molecular weight excluding hydrogens is 248 g/mol. The van der Waals surface area contributed by atoms with Gasteiger partial charge in [0.15, 0.2) is 0 Å². The number of carbonyl (C=O) groups is 1. The number of benzene rings is 1. The number of aliphatic carboxylic acids is 1. The van der Waals surface area contributed by atoms with Crippen LogP contribution in [-0.4, -0.2) is 27.9 Å². The van der Waals surface area contributed by atoms with Gasteiger partial charge in [-0.3, -0.25) is 4.79 Å². The molecule has 3 rings (SSSR count). The van der Waals surface area contributed by atoms with E-state index in [0.717, 1.165) is 11.3 Å².